The summed E-state index contributed by atoms with van der Waals surface area (Å²) in [5.74, 6) is -1.21. The van der Waals surface area contributed by atoms with Crippen LogP contribution in [-0.4, -0.2) is 64.8 Å². The normalized spacial score (nSPS) is 19.1. The summed E-state index contributed by atoms with van der Waals surface area (Å²) in [7, 11) is -3.94. The summed E-state index contributed by atoms with van der Waals surface area (Å²) in [6.07, 6.45) is -2.97. The van der Waals surface area contributed by atoms with E-state index in [1.54, 1.807) is 25.7 Å². The van der Waals surface area contributed by atoms with Crippen LogP contribution in [0.15, 0.2) is 6.20 Å². The molecule has 1 aliphatic heterocycles. The van der Waals surface area contributed by atoms with E-state index in [4.69, 9.17) is 4.74 Å². The van der Waals surface area contributed by atoms with Gasteiger partial charge in [-0.05, 0) is 40.5 Å². The molecule has 0 aromatic carbocycles. The number of aromatic nitrogens is 3. The fraction of sp³-hybridized carbons (Fsp3) is 0.619. The smallest absolute Gasteiger partial charge is 0.434 e. The highest BCUT2D eigenvalue weighted by Gasteiger charge is 2.39. The highest BCUT2D eigenvalue weighted by Crippen LogP contribution is 2.41. The monoisotopic (exact) mass is 569 g/mol. The minimum Gasteiger partial charge on any atom is -0.444 e. The zero-order chi connectivity index (χ0) is 27.8. The molecule has 1 aliphatic rings. The van der Waals surface area contributed by atoms with Gasteiger partial charge in [0.1, 0.15) is 22.9 Å². The second-order valence-corrected chi connectivity index (χ2v) is 12.3. The van der Waals surface area contributed by atoms with E-state index >= 15 is 0 Å². The van der Waals surface area contributed by atoms with Crippen molar-refractivity contribution < 1.29 is 39.7 Å². The van der Waals surface area contributed by atoms with Crippen molar-refractivity contribution >= 4 is 33.5 Å². The Morgan fingerprint density at radius 1 is 1.27 bits per heavy atom. The number of likely N-dealkylation sites (tertiary alicyclic amines) is 1. The standard InChI is InChI=1S/C21H27F4N5O5S2/c1-11-8-12(6-7-30(11)19(31)35-20(2,3)4)27-18-26-9-13(22)15(29-18)16-17(21(23,24)25)28-14(36-16)10-34-37(5,32)33/h9,11-12H,6-8,10H2,1-5H3,(H,26,27,29). The van der Waals surface area contributed by atoms with Gasteiger partial charge in [0.25, 0.3) is 10.1 Å². The number of nitrogens with one attached hydrogen (secondary N) is 1. The Hall–Kier alpha value is -2.59. The first-order valence-corrected chi connectivity index (χ1v) is 13.8. The highest BCUT2D eigenvalue weighted by atomic mass is 32.2. The molecule has 1 fully saturated rings. The van der Waals surface area contributed by atoms with E-state index in [-0.39, 0.29) is 23.0 Å². The first-order chi connectivity index (χ1) is 16.9. The number of hydrogen-bond donors (Lipinski definition) is 1. The summed E-state index contributed by atoms with van der Waals surface area (Å²) in [6, 6.07) is -0.453. The molecular formula is C21H27F4N5O5S2. The van der Waals surface area contributed by atoms with Crippen molar-refractivity contribution in [2.45, 2.75) is 71.0 Å². The number of thiazole rings is 1. The molecule has 0 spiro atoms. The van der Waals surface area contributed by atoms with Crippen LogP contribution in [-0.2, 0) is 31.8 Å². The van der Waals surface area contributed by atoms with E-state index in [0.717, 1.165) is 12.5 Å². The molecule has 2 atom stereocenters. The van der Waals surface area contributed by atoms with Crippen molar-refractivity contribution in [3.8, 4) is 10.6 Å². The Labute approximate surface area is 215 Å². The topological polar surface area (TPSA) is 124 Å². The van der Waals surface area contributed by atoms with Crippen LogP contribution < -0.4 is 5.32 Å². The summed E-state index contributed by atoms with van der Waals surface area (Å²) < 4.78 is 87.9. The quantitative estimate of drug-likeness (QED) is 0.397. The molecule has 2 unspecified atom stereocenters. The van der Waals surface area contributed by atoms with E-state index in [1.807, 2.05) is 6.92 Å². The van der Waals surface area contributed by atoms with Crippen LogP contribution in [0.5, 0.6) is 0 Å². The van der Waals surface area contributed by atoms with Crippen LogP contribution in [0, 0.1) is 5.82 Å². The molecule has 2 aromatic rings. The fourth-order valence-electron chi connectivity index (χ4n) is 3.61. The minimum atomic E-state index is -4.95. The van der Waals surface area contributed by atoms with Crippen molar-refractivity contribution in [2.24, 2.45) is 0 Å². The Balaban J connectivity index is 1.80. The van der Waals surface area contributed by atoms with Gasteiger partial charge in [-0.25, -0.2) is 24.1 Å². The fourth-order valence-corrected chi connectivity index (χ4v) is 5.00. The van der Waals surface area contributed by atoms with Gasteiger partial charge >= 0.3 is 12.3 Å². The summed E-state index contributed by atoms with van der Waals surface area (Å²) in [5.41, 5.74) is -2.69. The Morgan fingerprint density at radius 2 is 1.95 bits per heavy atom. The highest BCUT2D eigenvalue weighted by molar-refractivity contribution is 7.85. The van der Waals surface area contributed by atoms with E-state index in [9.17, 15) is 30.8 Å². The van der Waals surface area contributed by atoms with Gasteiger partial charge in [-0.2, -0.15) is 21.6 Å². The lowest BCUT2D eigenvalue weighted by atomic mass is 9.99. The maximum absolute atomic E-state index is 14.6. The molecule has 1 N–H and O–H groups in total. The van der Waals surface area contributed by atoms with Gasteiger partial charge in [-0.3, -0.25) is 4.18 Å². The van der Waals surface area contributed by atoms with Crippen LogP contribution >= 0.6 is 11.3 Å². The third-order valence-electron chi connectivity index (χ3n) is 5.13. The van der Waals surface area contributed by atoms with Crippen molar-refractivity contribution in [2.75, 3.05) is 18.1 Å². The second kappa shape index (κ2) is 10.6. The molecule has 1 amide bonds. The molecule has 2 aromatic heterocycles. The van der Waals surface area contributed by atoms with E-state index in [1.165, 1.54) is 0 Å². The number of nitrogens with zero attached hydrogens (tertiary/aromatic N) is 4. The molecule has 206 valence electrons. The van der Waals surface area contributed by atoms with Crippen LogP contribution in [0.4, 0.5) is 28.3 Å². The first-order valence-electron chi connectivity index (χ1n) is 11.1. The van der Waals surface area contributed by atoms with Gasteiger partial charge in [0.15, 0.2) is 11.5 Å². The molecular weight excluding hydrogens is 542 g/mol. The van der Waals surface area contributed by atoms with Gasteiger partial charge in [0, 0.05) is 18.6 Å². The van der Waals surface area contributed by atoms with E-state index in [0.29, 0.717) is 30.7 Å². The number of alkyl halides is 3. The molecule has 10 nitrogen and oxygen atoms in total. The van der Waals surface area contributed by atoms with Crippen LogP contribution in [0.3, 0.4) is 0 Å². The predicted octanol–water partition coefficient (Wildman–Crippen LogP) is 4.43. The number of hydrogen-bond acceptors (Lipinski definition) is 10. The second-order valence-electron chi connectivity index (χ2n) is 9.53. The molecule has 3 rings (SSSR count). The summed E-state index contributed by atoms with van der Waals surface area (Å²) in [5, 5.41) is 2.68. The molecule has 0 saturated carbocycles. The lowest BCUT2D eigenvalue weighted by Crippen LogP contribution is -2.49. The number of carbonyl (C=O) groups excluding carboxylic acids is 1. The van der Waals surface area contributed by atoms with Gasteiger partial charge in [-0.15, -0.1) is 11.3 Å². The number of ether oxygens (including phenoxy) is 1. The van der Waals surface area contributed by atoms with Crippen LogP contribution in [0.1, 0.15) is 51.2 Å². The number of anilines is 1. The lowest BCUT2D eigenvalue weighted by molar-refractivity contribution is -0.140. The Bertz CT molecular complexity index is 1250. The minimum absolute atomic E-state index is 0.102. The van der Waals surface area contributed by atoms with Gasteiger partial charge in [0.2, 0.25) is 5.95 Å². The zero-order valence-electron chi connectivity index (χ0n) is 20.7. The van der Waals surface area contributed by atoms with Crippen LogP contribution in [0.2, 0.25) is 0 Å². The average molecular weight is 570 g/mol. The Kier molecular flexibility index (Phi) is 8.34. The van der Waals surface area contributed by atoms with Crippen LogP contribution in [0.25, 0.3) is 10.6 Å². The summed E-state index contributed by atoms with van der Waals surface area (Å²) in [4.78, 5) is 24.6. The number of rotatable bonds is 6. The van der Waals surface area contributed by atoms with Gasteiger partial charge < -0.3 is 15.0 Å². The summed E-state index contributed by atoms with van der Waals surface area (Å²) in [6.45, 7) is 6.76. The van der Waals surface area contributed by atoms with E-state index in [2.05, 4.69) is 24.5 Å². The maximum Gasteiger partial charge on any atom is 0.434 e. The number of amides is 1. The molecule has 0 aliphatic carbocycles. The number of piperidine rings is 1. The number of carbonyl (C=O) groups is 1. The molecule has 0 bridgehead atoms. The molecule has 16 heteroatoms. The SMILES string of the molecule is CC1CC(Nc2ncc(F)c(-c3sc(COS(C)(=O)=O)nc3C(F)(F)F)n2)CCN1C(=O)OC(C)(C)C. The maximum atomic E-state index is 14.6. The van der Waals surface area contributed by atoms with E-state index < -0.39 is 56.7 Å². The first kappa shape index (κ1) is 29.0. The van der Waals surface area contributed by atoms with Crippen molar-refractivity contribution in [1.29, 1.82) is 0 Å². The van der Waals surface area contributed by atoms with Crippen molar-refractivity contribution in [1.82, 2.24) is 19.9 Å². The largest absolute Gasteiger partial charge is 0.444 e. The third kappa shape index (κ3) is 7.95. The summed E-state index contributed by atoms with van der Waals surface area (Å²) >= 11 is 0.421. The van der Waals surface area contributed by atoms with Crippen molar-refractivity contribution in [3.05, 3.63) is 22.7 Å². The third-order valence-corrected chi connectivity index (χ3v) is 6.71. The van der Waals surface area contributed by atoms with Gasteiger partial charge in [0.05, 0.1) is 17.3 Å². The Morgan fingerprint density at radius 3 is 2.51 bits per heavy atom. The van der Waals surface area contributed by atoms with Crippen molar-refractivity contribution in [3.63, 3.8) is 0 Å². The molecule has 3 heterocycles. The number of halogens is 4. The molecule has 37 heavy (non-hydrogen) atoms. The lowest BCUT2D eigenvalue weighted by Gasteiger charge is -2.38. The molecule has 1 saturated heterocycles. The van der Waals surface area contributed by atoms with Gasteiger partial charge in [-0.1, -0.05) is 0 Å². The predicted molar refractivity (Wildman–Crippen MR) is 127 cm³/mol. The molecule has 0 radical (unpaired) electrons. The average Bonchev–Trinajstić information content (AvgIpc) is 3.17. The zero-order valence-corrected chi connectivity index (χ0v) is 22.4.